The van der Waals surface area contributed by atoms with E-state index in [1.807, 2.05) is 0 Å². The summed E-state index contributed by atoms with van der Waals surface area (Å²) in [4.78, 5) is 21.9. The molecular formula is C11H14F2N2O3. The number of halogens is 2. The van der Waals surface area contributed by atoms with E-state index in [4.69, 9.17) is 5.11 Å². The van der Waals surface area contributed by atoms with E-state index in [1.54, 1.807) is 0 Å². The van der Waals surface area contributed by atoms with Gasteiger partial charge < -0.3 is 15.0 Å². The molecule has 18 heavy (non-hydrogen) atoms. The molecule has 0 saturated carbocycles. The van der Waals surface area contributed by atoms with Crippen LogP contribution in [0.3, 0.4) is 0 Å². The van der Waals surface area contributed by atoms with E-state index in [9.17, 15) is 18.4 Å². The fourth-order valence-electron chi connectivity index (χ4n) is 1.46. The standard InChI is InChI=1S/C11H14F2N2O3/c12-9(13)7-15-6-2-3-8(15)11(18)14-5-1-4-10(16)17/h2-3,6,9H,1,4-5,7H2,(H,14,18)(H,16,17). The number of hydrogen-bond acceptors (Lipinski definition) is 2. The summed E-state index contributed by atoms with van der Waals surface area (Å²) in [6.45, 7) is -0.337. The number of carbonyl (C=O) groups is 2. The van der Waals surface area contributed by atoms with Crippen molar-refractivity contribution in [3.8, 4) is 0 Å². The van der Waals surface area contributed by atoms with Gasteiger partial charge in [0.05, 0.1) is 6.54 Å². The van der Waals surface area contributed by atoms with E-state index in [-0.39, 0.29) is 18.7 Å². The molecule has 0 aliphatic heterocycles. The number of carboxylic acid groups (broad SMARTS) is 1. The highest BCUT2D eigenvalue weighted by atomic mass is 19.3. The molecule has 0 spiro atoms. The minimum atomic E-state index is -2.53. The number of rotatable bonds is 7. The van der Waals surface area contributed by atoms with Gasteiger partial charge >= 0.3 is 5.97 Å². The van der Waals surface area contributed by atoms with Gasteiger partial charge in [0.25, 0.3) is 12.3 Å². The quantitative estimate of drug-likeness (QED) is 0.727. The van der Waals surface area contributed by atoms with Crippen LogP contribution in [0.25, 0.3) is 0 Å². The zero-order valence-corrected chi connectivity index (χ0v) is 9.60. The molecule has 1 heterocycles. The minimum absolute atomic E-state index is 0.0433. The van der Waals surface area contributed by atoms with Crippen LogP contribution in [0.1, 0.15) is 23.3 Å². The molecule has 0 saturated heterocycles. The monoisotopic (exact) mass is 260 g/mol. The lowest BCUT2D eigenvalue weighted by atomic mass is 10.3. The van der Waals surface area contributed by atoms with Crippen molar-refractivity contribution in [1.82, 2.24) is 9.88 Å². The average Bonchev–Trinajstić information content (AvgIpc) is 2.71. The summed E-state index contributed by atoms with van der Waals surface area (Å²) in [5.41, 5.74) is 0.144. The van der Waals surface area contributed by atoms with Crippen LogP contribution in [0, 0.1) is 0 Å². The van der Waals surface area contributed by atoms with Gasteiger partial charge in [0, 0.05) is 19.2 Å². The fourth-order valence-corrected chi connectivity index (χ4v) is 1.46. The van der Waals surface area contributed by atoms with Gasteiger partial charge in [-0.3, -0.25) is 9.59 Å². The van der Waals surface area contributed by atoms with Crippen molar-refractivity contribution in [1.29, 1.82) is 0 Å². The van der Waals surface area contributed by atoms with Crippen LogP contribution < -0.4 is 5.32 Å². The summed E-state index contributed by atoms with van der Waals surface area (Å²) in [5, 5.41) is 10.9. The van der Waals surface area contributed by atoms with Crippen molar-refractivity contribution in [2.24, 2.45) is 0 Å². The van der Waals surface area contributed by atoms with Crippen LogP contribution in [-0.2, 0) is 11.3 Å². The number of carboxylic acids is 1. The highest BCUT2D eigenvalue weighted by Crippen LogP contribution is 2.06. The molecule has 0 aromatic carbocycles. The Morgan fingerprint density at radius 2 is 2.17 bits per heavy atom. The normalized spacial score (nSPS) is 10.6. The first-order valence-corrected chi connectivity index (χ1v) is 5.44. The van der Waals surface area contributed by atoms with E-state index >= 15 is 0 Å². The Balaban J connectivity index is 2.46. The number of amides is 1. The topological polar surface area (TPSA) is 71.3 Å². The first-order valence-electron chi connectivity index (χ1n) is 5.44. The van der Waals surface area contributed by atoms with Gasteiger partial charge in [0.2, 0.25) is 0 Å². The molecule has 1 aromatic heterocycles. The number of alkyl halides is 2. The average molecular weight is 260 g/mol. The first-order chi connectivity index (χ1) is 8.50. The lowest BCUT2D eigenvalue weighted by Gasteiger charge is -2.08. The largest absolute Gasteiger partial charge is 0.481 e. The third-order valence-electron chi connectivity index (χ3n) is 2.25. The SMILES string of the molecule is O=C(O)CCCNC(=O)c1cccn1CC(F)F. The van der Waals surface area contributed by atoms with Crippen molar-refractivity contribution in [3.05, 3.63) is 24.0 Å². The van der Waals surface area contributed by atoms with E-state index in [2.05, 4.69) is 5.32 Å². The third-order valence-corrected chi connectivity index (χ3v) is 2.25. The van der Waals surface area contributed by atoms with Crippen molar-refractivity contribution in [2.75, 3.05) is 6.54 Å². The number of carbonyl (C=O) groups excluding carboxylic acids is 1. The molecule has 0 atom stereocenters. The fraction of sp³-hybridized carbons (Fsp3) is 0.455. The maximum absolute atomic E-state index is 12.2. The lowest BCUT2D eigenvalue weighted by molar-refractivity contribution is -0.137. The van der Waals surface area contributed by atoms with Gasteiger partial charge in [-0.25, -0.2) is 8.78 Å². The third kappa shape index (κ3) is 4.52. The summed E-state index contributed by atoms with van der Waals surface area (Å²) in [6, 6.07) is 2.95. The second kappa shape index (κ2) is 6.73. The Morgan fingerprint density at radius 1 is 1.44 bits per heavy atom. The van der Waals surface area contributed by atoms with Crippen molar-refractivity contribution in [2.45, 2.75) is 25.8 Å². The van der Waals surface area contributed by atoms with E-state index in [0.717, 1.165) is 4.57 Å². The summed E-state index contributed by atoms with van der Waals surface area (Å²) in [7, 11) is 0. The molecule has 0 radical (unpaired) electrons. The van der Waals surface area contributed by atoms with Gasteiger partial charge in [-0.05, 0) is 18.6 Å². The predicted octanol–water partition coefficient (Wildman–Crippen LogP) is 1.35. The molecule has 1 amide bonds. The molecule has 7 heteroatoms. The lowest BCUT2D eigenvalue weighted by Crippen LogP contribution is -2.27. The van der Waals surface area contributed by atoms with Crippen LogP contribution in [0.2, 0.25) is 0 Å². The summed E-state index contributed by atoms with van der Waals surface area (Å²) in [6.07, 6.45) is -0.872. The number of nitrogens with zero attached hydrogens (tertiary/aromatic N) is 1. The number of aromatic nitrogens is 1. The Labute approximate surface area is 102 Å². The van der Waals surface area contributed by atoms with Crippen LogP contribution in [0.15, 0.2) is 18.3 Å². The van der Waals surface area contributed by atoms with Crippen LogP contribution in [0.5, 0.6) is 0 Å². The molecule has 0 unspecified atom stereocenters. The predicted molar refractivity (Wildman–Crippen MR) is 59.6 cm³/mol. The molecule has 0 aliphatic rings. The Kier molecular flexibility index (Phi) is 5.29. The van der Waals surface area contributed by atoms with Crippen molar-refractivity contribution >= 4 is 11.9 Å². The summed E-state index contributed by atoms with van der Waals surface area (Å²) < 4.78 is 25.6. The highest BCUT2D eigenvalue weighted by Gasteiger charge is 2.13. The van der Waals surface area contributed by atoms with E-state index in [1.165, 1.54) is 18.3 Å². The van der Waals surface area contributed by atoms with Crippen LogP contribution in [0.4, 0.5) is 8.78 Å². The molecule has 0 fully saturated rings. The molecule has 0 bridgehead atoms. The Morgan fingerprint density at radius 3 is 2.78 bits per heavy atom. The van der Waals surface area contributed by atoms with E-state index < -0.39 is 24.8 Å². The molecule has 1 aromatic rings. The smallest absolute Gasteiger partial charge is 0.303 e. The number of nitrogens with one attached hydrogen (secondary N) is 1. The Hall–Kier alpha value is -1.92. The van der Waals surface area contributed by atoms with Gasteiger partial charge in [-0.1, -0.05) is 0 Å². The second-order valence-electron chi connectivity index (χ2n) is 3.69. The molecule has 0 aliphatic carbocycles. The Bertz CT molecular complexity index is 418. The molecule has 100 valence electrons. The van der Waals surface area contributed by atoms with Crippen molar-refractivity contribution in [3.63, 3.8) is 0 Å². The number of hydrogen-bond donors (Lipinski definition) is 2. The van der Waals surface area contributed by atoms with E-state index in [0.29, 0.717) is 6.42 Å². The molecule has 5 nitrogen and oxygen atoms in total. The molecule has 1 rings (SSSR count). The maximum atomic E-state index is 12.2. The summed E-state index contributed by atoms with van der Waals surface area (Å²) >= 11 is 0. The molecule has 2 N–H and O–H groups in total. The number of aliphatic carboxylic acids is 1. The van der Waals surface area contributed by atoms with Crippen LogP contribution in [-0.4, -0.2) is 34.5 Å². The van der Waals surface area contributed by atoms with Crippen molar-refractivity contribution < 1.29 is 23.5 Å². The van der Waals surface area contributed by atoms with Crippen LogP contribution >= 0.6 is 0 Å². The van der Waals surface area contributed by atoms with Gasteiger partial charge in [-0.15, -0.1) is 0 Å². The maximum Gasteiger partial charge on any atom is 0.303 e. The zero-order chi connectivity index (χ0) is 13.5. The van der Waals surface area contributed by atoms with Gasteiger partial charge in [0.15, 0.2) is 0 Å². The minimum Gasteiger partial charge on any atom is -0.481 e. The molecular weight excluding hydrogens is 246 g/mol. The van der Waals surface area contributed by atoms with Gasteiger partial charge in [-0.2, -0.15) is 0 Å². The second-order valence-corrected chi connectivity index (χ2v) is 3.69. The highest BCUT2D eigenvalue weighted by molar-refractivity contribution is 5.92. The zero-order valence-electron chi connectivity index (χ0n) is 9.60. The summed E-state index contributed by atoms with van der Waals surface area (Å²) in [5.74, 6) is -1.42. The van der Waals surface area contributed by atoms with Gasteiger partial charge in [0.1, 0.15) is 5.69 Å². The first kappa shape index (κ1) is 14.1.